The van der Waals surface area contributed by atoms with Crippen molar-refractivity contribution in [3.8, 4) is 11.5 Å². The minimum absolute atomic E-state index is 0.287. The lowest BCUT2D eigenvalue weighted by atomic mass is 9.90. The molecular weight excluding hydrogens is 353 g/mol. The molecule has 3 heterocycles. The largest absolute Gasteiger partial charge is 0.419 e. The number of benzene rings is 1. The molecule has 0 radical (unpaired) electrons. The summed E-state index contributed by atoms with van der Waals surface area (Å²) in [6.07, 6.45) is 1.49. The second-order valence-corrected chi connectivity index (χ2v) is 7.56. The van der Waals surface area contributed by atoms with E-state index in [1.807, 2.05) is 17.5 Å². The van der Waals surface area contributed by atoms with Gasteiger partial charge in [-0.05, 0) is 61.5 Å². The van der Waals surface area contributed by atoms with Crippen molar-refractivity contribution < 1.29 is 13.9 Å². The fourth-order valence-electron chi connectivity index (χ4n) is 3.37. The molecule has 2 aromatic heterocycles. The molecule has 0 aliphatic carbocycles. The predicted octanol–water partition coefficient (Wildman–Crippen LogP) is 3.88. The Morgan fingerprint density at radius 2 is 2.08 bits per heavy atom. The highest BCUT2D eigenvalue weighted by Gasteiger charge is 2.27. The molecule has 0 amide bonds. The van der Waals surface area contributed by atoms with Gasteiger partial charge in [-0.1, -0.05) is 12.1 Å². The summed E-state index contributed by atoms with van der Waals surface area (Å²) in [5.41, 5.74) is 0.585. The van der Waals surface area contributed by atoms with E-state index in [1.54, 1.807) is 23.5 Å². The maximum absolute atomic E-state index is 13.3. The molecule has 1 saturated heterocycles. The first kappa shape index (κ1) is 17.3. The van der Waals surface area contributed by atoms with Crippen LogP contribution in [0, 0.1) is 11.7 Å². The summed E-state index contributed by atoms with van der Waals surface area (Å²) in [7, 11) is 0. The average molecular weight is 373 g/mol. The van der Waals surface area contributed by atoms with Crippen molar-refractivity contribution in [1.29, 1.82) is 0 Å². The summed E-state index contributed by atoms with van der Waals surface area (Å²) in [4.78, 5) is 3.29. The second-order valence-electron chi connectivity index (χ2n) is 6.59. The van der Waals surface area contributed by atoms with Crippen molar-refractivity contribution in [1.82, 2.24) is 15.1 Å². The lowest BCUT2D eigenvalue weighted by Gasteiger charge is -2.33. The highest BCUT2D eigenvalue weighted by molar-refractivity contribution is 7.10. The molecule has 0 spiro atoms. The fraction of sp³-hybridized carbons (Fsp3) is 0.368. The Morgan fingerprint density at radius 1 is 1.23 bits per heavy atom. The maximum Gasteiger partial charge on any atom is 0.247 e. The number of likely N-dealkylation sites (tertiary alicyclic amines) is 1. The van der Waals surface area contributed by atoms with Crippen LogP contribution in [0.4, 0.5) is 4.39 Å². The molecule has 1 aliphatic rings. The van der Waals surface area contributed by atoms with Crippen molar-refractivity contribution in [3.63, 3.8) is 0 Å². The van der Waals surface area contributed by atoms with Crippen LogP contribution in [0.15, 0.2) is 46.2 Å². The Balaban J connectivity index is 1.33. The Bertz CT molecular complexity index is 844. The van der Waals surface area contributed by atoms with Crippen molar-refractivity contribution in [2.24, 2.45) is 5.92 Å². The molecular formula is C19H20FN3O2S. The predicted molar refractivity (Wildman–Crippen MR) is 97.0 cm³/mol. The number of hydrogen-bond donors (Lipinski definition) is 1. The first-order valence-corrected chi connectivity index (χ1v) is 9.59. The van der Waals surface area contributed by atoms with E-state index < -0.39 is 0 Å². The van der Waals surface area contributed by atoms with E-state index in [0.29, 0.717) is 23.9 Å². The first-order chi connectivity index (χ1) is 12.7. The van der Waals surface area contributed by atoms with E-state index in [-0.39, 0.29) is 17.8 Å². The highest BCUT2D eigenvalue weighted by atomic mass is 32.1. The van der Waals surface area contributed by atoms with Crippen LogP contribution in [-0.4, -0.2) is 33.3 Å². The number of aliphatic hydroxyl groups is 1. The minimum Gasteiger partial charge on any atom is -0.419 e. The van der Waals surface area contributed by atoms with Crippen LogP contribution in [0.25, 0.3) is 11.5 Å². The van der Waals surface area contributed by atoms with Gasteiger partial charge in [-0.15, -0.1) is 21.5 Å². The van der Waals surface area contributed by atoms with E-state index in [0.717, 1.165) is 30.8 Å². The Kier molecular flexibility index (Phi) is 5.10. The van der Waals surface area contributed by atoms with Crippen molar-refractivity contribution in [3.05, 3.63) is 58.4 Å². The summed E-state index contributed by atoms with van der Waals surface area (Å²) in [6.45, 7) is 2.33. The van der Waals surface area contributed by atoms with Gasteiger partial charge in [0.05, 0.1) is 12.6 Å². The summed E-state index contributed by atoms with van der Waals surface area (Å²) in [6, 6.07) is 10.1. The molecule has 0 saturated carbocycles. The zero-order valence-corrected chi connectivity index (χ0v) is 15.0. The molecule has 1 fully saturated rings. The molecule has 4 rings (SSSR count). The van der Waals surface area contributed by atoms with Gasteiger partial charge in [0.2, 0.25) is 11.8 Å². The first-order valence-electron chi connectivity index (χ1n) is 8.71. The van der Waals surface area contributed by atoms with E-state index >= 15 is 0 Å². The second kappa shape index (κ2) is 7.65. The Labute approximate surface area is 155 Å². The summed E-state index contributed by atoms with van der Waals surface area (Å²) in [5.74, 6) is 0.827. The monoisotopic (exact) mass is 373 g/mol. The van der Waals surface area contributed by atoms with Crippen LogP contribution in [0.5, 0.6) is 0 Å². The molecule has 26 heavy (non-hydrogen) atoms. The van der Waals surface area contributed by atoms with Gasteiger partial charge in [0.15, 0.2) is 0 Å². The third kappa shape index (κ3) is 3.85. The van der Waals surface area contributed by atoms with Crippen LogP contribution >= 0.6 is 11.3 Å². The molecule has 1 unspecified atom stereocenters. The van der Waals surface area contributed by atoms with E-state index in [1.165, 1.54) is 12.1 Å². The highest BCUT2D eigenvalue weighted by Crippen LogP contribution is 2.33. The van der Waals surface area contributed by atoms with E-state index in [2.05, 4.69) is 15.1 Å². The molecule has 5 nitrogen and oxygen atoms in total. The summed E-state index contributed by atoms with van der Waals surface area (Å²) >= 11 is 1.61. The zero-order valence-electron chi connectivity index (χ0n) is 14.2. The normalized spacial score (nSPS) is 17.5. The van der Waals surface area contributed by atoms with Crippen molar-refractivity contribution in [2.45, 2.75) is 25.5 Å². The van der Waals surface area contributed by atoms with Crippen molar-refractivity contribution in [2.75, 3.05) is 13.1 Å². The topological polar surface area (TPSA) is 62.4 Å². The van der Waals surface area contributed by atoms with Crippen LogP contribution in [0.2, 0.25) is 0 Å². The molecule has 3 aromatic rings. The van der Waals surface area contributed by atoms with Crippen molar-refractivity contribution >= 4 is 11.3 Å². The van der Waals surface area contributed by atoms with Crippen LogP contribution in [0.3, 0.4) is 0 Å². The summed E-state index contributed by atoms with van der Waals surface area (Å²) in [5, 5.41) is 20.6. The Morgan fingerprint density at radius 3 is 2.81 bits per heavy atom. The Hall–Kier alpha value is -2.09. The average Bonchev–Trinajstić information content (AvgIpc) is 3.34. The van der Waals surface area contributed by atoms with Gasteiger partial charge in [-0.25, -0.2) is 4.39 Å². The molecule has 1 N–H and O–H groups in total. The third-order valence-electron chi connectivity index (χ3n) is 4.81. The fourth-order valence-corrected chi connectivity index (χ4v) is 4.17. The molecule has 1 aliphatic heterocycles. The molecule has 0 bridgehead atoms. The van der Waals surface area contributed by atoms with Crippen LogP contribution < -0.4 is 0 Å². The number of piperidine rings is 1. The lowest BCUT2D eigenvalue weighted by Crippen LogP contribution is -2.35. The standard InChI is InChI=1S/C19H20FN3O2S/c20-15-4-1-3-14(11-15)19-22-21-17(25-19)12-23-8-6-13(7-9-23)18(24)16-5-2-10-26-16/h1-5,10-11,13,18,24H,6-9,12H2. The smallest absolute Gasteiger partial charge is 0.247 e. The number of halogens is 1. The SMILES string of the molecule is OC(c1cccs1)C1CCN(Cc2nnc(-c3cccc(F)c3)o2)CC1. The van der Waals surface area contributed by atoms with Gasteiger partial charge >= 0.3 is 0 Å². The van der Waals surface area contributed by atoms with Crippen LogP contribution in [-0.2, 0) is 6.54 Å². The van der Waals surface area contributed by atoms with Gasteiger partial charge in [0.1, 0.15) is 5.82 Å². The molecule has 7 heteroatoms. The van der Waals surface area contributed by atoms with Gasteiger partial charge in [0, 0.05) is 10.4 Å². The minimum atomic E-state index is -0.375. The lowest BCUT2D eigenvalue weighted by molar-refractivity contribution is 0.0567. The summed E-state index contributed by atoms with van der Waals surface area (Å²) < 4.78 is 19.0. The number of rotatable bonds is 5. The molecule has 1 atom stereocenters. The van der Waals surface area contributed by atoms with Gasteiger partial charge in [0.25, 0.3) is 0 Å². The number of aromatic nitrogens is 2. The molecule has 1 aromatic carbocycles. The molecule has 136 valence electrons. The van der Waals surface area contributed by atoms with Gasteiger partial charge < -0.3 is 9.52 Å². The van der Waals surface area contributed by atoms with Gasteiger partial charge in [-0.2, -0.15) is 0 Å². The van der Waals surface area contributed by atoms with E-state index in [9.17, 15) is 9.50 Å². The zero-order chi connectivity index (χ0) is 17.9. The number of hydrogen-bond acceptors (Lipinski definition) is 6. The van der Waals surface area contributed by atoms with Gasteiger partial charge in [-0.3, -0.25) is 4.90 Å². The number of aliphatic hydroxyl groups excluding tert-OH is 1. The van der Waals surface area contributed by atoms with Crippen LogP contribution in [0.1, 0.15) is 29.7 Å². The third-order valence-corrected chi connectivity index (χ3v) is 5.75. The number of nitrogens with zero attached hydrogens (tertiary/aromatic N) is 3. The quantitative estimate of drug-likeness (QED) is 0.735. The number of thiophene rings is 1. The maximum atomic E-state index is 13.3. The van der Waals surface area contributed by atoms with E-state index in [4.69, 9.17) is 4.42 Å².